The topological polar surface area (TPSA) is 123 Å². The minimum absolute atomic E-state index is 0.00189. The van der Waals surface area contributed by atoms with Crippen LogP contribution < -0.4 is 10.6 Å². The third-order valence-electron chi connectivity index (χ3n) is 9.11. The first-order valence-electron chi connectivity index (χ1n) is 17.3. The number of aliphatic hydroxyl groups excluding tert-OH is 1. The molecule has 0 radical (unpaired) electrons. The van der Waals surface area contributed by atoms with E-state index in [0.29, 0.717) is 24.0 Å². The second kappa shape index (κ2) is 16.8. The highest BCUT2D eigenvalue weighted by atomic mass is 32.2. The van der Waals surface area contributed by atoms with Gasteiger partial charge in [0.25, 0.3) is 0 Å². The summed E-state index contributed by atoms with van der Waals surface area (Å²) in [5.74, 6) is 0.606. The molecular weight excluding hydrogens is 673 g/mol. The number of nitrogens with one attached hydrogen (secondary N) is 2. The number of amides is 2. The van der Waals surface area contributed by atoms with Crippen molar-refractivity contribution >= 4 is 17.8 Å². The van der Waals surface area contributed by atoms with E-state index in [1.807, 2.05) is 109 Å². The number of urea groups is 1. The fourth-order valence-corrected chi connectivity index (χ4v) is 7.27. The molecule has 0 saturated carbocycles. The predicted octanol–water partition coefficient (Wildman–Crippen LogP) is 7.40. The van der Waals surface area contributed by atoms with E-state index in [1.165, 1.54) is 0 Å². The number of para-hydroxylation sites is 1. The molecule has 1 fully saturated rings. The number of hydrogen-bond donors (Lipinski definition) is 3. The highest BCUT2D eigenvalue weighted by Crippen LogP contribution is 2.43. The van der Waals surface area contributed by atoms with Crippen LogP contribution in [0.25, 0.3) is 16.8 Å². The van der Waals surface area contributed by atoms with Gasteiger partial charge >= 0.3 is 6.03 Å². The van der Waals surface area contributed by atoms with Crippen LogP contribution >= 0.6 is 11.8 Å². The molecular formula is C41H40N6O4S. The summed E-state index contributed by atoms with van der Waals surface area (Å²) >= 11 is 1.55. The summed E-state index contributed by atoms with van der Waals surface area (Å²) in [5.41, 5.74) is 7.71. The maximum atomic E-state index is 12.5. The molecule has 264 valence electrons. The number of ether oxygens (including phenoxy) is 2. The Balaban J connectivity index is 1.08. The third kappa shape index (κ3) is 8.58. The first-order chi connectivity index (χ1) is 25.5. The second-order valence-electron chi connectivity index (χ2n) is 12.7. The molecule has 2 heterocycles. The van der Waals surface area contributed by atoms with Gasteiger partial charge in [-0.2, -0.15) is 4.68 Å². The summed E-state index contributed by atoms with van der Waals surface area (Å²) in [6.45, 7) is 2.98. The molecule has 10 nitrogen and oxygen atoms in total. The number of carbonyl (C=O) groups excluding carboxylic acids is 1. The van der Waals surface area contributed by atoms with Gasteiger partial charge in [0.1, 0.15) is 0 Å². The SMILES string of the molecule is C[C@H]1[C@@H](CSc2nnnn2-c2ccccc2)O[C@@H](c2cccc(-c3cccc(CNC(=O)NCc4ccccc4)c3)c2)O[C@H]1c1ccc(CO)cc1. The molecule has 0 spiro atoms. The molecule has 2 amide bonds. The van der Waals surface area contributed by atoms with E-state index >= 15 is 0 Å². The Hall–Kier alpha value is -5.33. The highest BCUT2D eigenvalue weighted by Gasteiger charge is 2.38. The van der Waals surface area contributed by atoms with Crippen molar-refractivity contribution in [1.29, 1.82) is 0 Å². The fraction of sp³-hybridized carbons (Fsp3) is 0.220. The largest absolute Gasteiger partial charge is 0.392 e. The molecule has 1 aromatic heterocycles. The minimum atomic E-state index is -0.632. The molecule has 1 saturated heterocycles. The molecule has 5 aromatic carbocycles. The molecule has 7 rings (SSSR count). The van der Waals surface area contributed by atoms with Crippen LogP contribution in [-0.2, 0) is 29.2 Å². The van der Waals surface area contributed by atoms with Crippen LogP contribution in [0.4, 0.5) is 4.79 Å². The van der Waals surface area contributed by atoms with Gasteiger partial charge in [-0.1, -0.05) is 128 Å². The fourth-order valence-electron chi connectivity index (χ4n) is 6.22. The molecule has 0 bridgehead atoms. The van der Waals surface area contributed by atoms with E-state index < -0.39 is 6.29 Å². The van der Waals surface area contributed by atoms with Gasteiger partial charge < -0.3 is 25.2 Å². The van der Waals surface area contributed by atoms with Crippen LogP contribution in [0.2, 0.25) is 0 Å². The smallest absolute Gasteiger partial charge is 0.315 e. The molecule has 6 aromatic rings. The van der Waals surface area contributed by atoms with Crippen LogP contribution in [0.3, 0.4) is 0 Å². The summed E-state index contributed by atoms with van der Waals surface area (Å²) in [6, 6.07) is 43.7. The molecule has 52 heavy (non-hydrogen) atoms. The molecule has 4 atom stereocenters. The van der Waals surface area contributed by atoms with E-state index in [2.05, 4.69) is 57.3 Å². The number of thioether (sulfide) groups is 1. The monoisotopic (exact) mass is 712 g/mol. The van der Waals surface area contributed by atoms with Crippen molar-refractivity contribution in [2.24, 2.45) is 5.92 Å². The van der Waals surface area contributed by atoms with Crippen molar-refractivity contribution in [3.05, 3.63) is 161 Å². The van der Waals surface area contributed by atoms with Gasteiger partial charge in [0.05, 0.1) is 24.5 Å². The van der Waals surface area contributed by atoms with Crippen LogP contribution in [0.5, 0.6) is 0 Å². The number of benzene rings is 5. The van der Waals surface area contributed by atoms with Gasteiger partial charge in [-0.25, -0.2) is 4.79 Å². The summed E-state index contributed by atoms with van der Waals surface area (Å²) < 4.78 is 15.2. The van der Waals surface area contributed by atoms with E-state index in [4.69, 9.17) is 9.47 Å². The summed E-state index contributed by atoms with van der Waals surface area (Å²) in [4.78, 5) is 12.5. The first-order valence-corrected chi connectivity index (χ1v) is 18.2. The maximum absolute atomic E-state index is 12.5. The van der Waals surface area contributed by atoms with Gasteiger partial charge in [-0.15, -0.1) is 5.10 Å². The number of carbonyl (C=O) groups is 1. The zero-order valence-electron chi connectivity index (χ0n) is 28.7. The molecule has 1 aliphatic heterocycles. The number of nitrogens with zero attached hydrogens (tertiary/aromatic N) is 4. The van der Waals surface area contributed by atoms with Crippen molar-refractivity contribution in [1.82, 2.24) is 30.8 Å². The Morgan fingerprint density at radius 1 is 0.750 bits per heavy atom. The lowest BCUT2D eigenvalue weighted by molar-refractivity contribution is -0.268. The van der Waals surface area contributed by atoms with Crippen LogP contribution in [0.15, 0.2) is 139 Å². The van der Waals surface area contributed by atoms with Crippen molar-refractivity contribution in [3.63, 3.8) is 0 Å². The molecule has 3 N–H and O–H groups in total. The number of aliphatic hydroxyl groups is 1. The van der Waals surface area contributed by atoms with Crippen molar-refractivity contribution < 1.29 is 19.4 Å². The Kier molecular flexibility index (Phi) is 11.3. The quantitative estimate of drug-likeness (QED) is 0.112. The van der Waals surface area contributed by atoms with Crippen molar-refractivity contribution in [2.45, 2.75) is 50.3 Å². The van der Waals surface area contributed by atoms with E-state index in [-0.39, 0.29) is 30.8 Å². The van der Waals surface area contributed by atoms with Gasteiger partial charge in [-0.05, 0) is 68.1 Å². The Morgan fingerprint density at radius 3 is 2.17 bits per heavy atom. The average Bonchev–Trinajstić information content (AvgIpc) is 3.68. The number of tetrazole rings is 1. The van der Waals surface area contributed by atoms with E-state index in [9.17, 15) is 9.90 Å². The second-order valence-corrected chi connectivity index (χ2v) is 13.7. The molecule has 1 aliphatic rings. The Morgan fingerprint density at radius 2 is 1.42 bits per heavy atom. The number of aromatic nitrogens is 4. The van der Waals surface area contributed by atoms with E-state index in [0.717, 1.165) is 44.6 Å². The summed E-state index contributed by atoms with van der Waals surface area (Å²) in [6.07, 6.45) is -1.08. The minimum Gasteiger partial charge on any atom is -0.392 e. The highest BCUT2D eigenvalue weighted by molar-refractivity contribution is 7.99. The van der Waals surface area contributed by atoms with Gasteiger partial charge in [0, 0.05) is 30.3 Å². The van der Waals surface area contributed by atoms with Crippen molar-refractivity contribution in [3.8, 4) is 16.8 Å². The average molecular weight is 713 g/mol. The predicted molar refractivity (Wildman–Crippen MR) is 200 cm³/mol. The lowest BCUT2D eigenvalue weighted by Crippen LogP contribution is -2.38. The lowest BCUT2D eigenvalue weighted by atomic mass is 9.91. The number of rotatable bonds is 12. The maximum Gasteiger partial charge on any atom is 0.315 e. The zero-order chi connectivity index (χ0) is 35.7. The standard InChI is InChI=1S/C41H40N6O4S/c1-28-37(27-52-41-44-45-46-47(41)36-16-6-3-7-17-36)50-39(51-38(28)32-20-18-30(26-48)19-21-32)35-15-9-14-34(23-35)33-13-8-12-31(22-33)25-43-40(49)42-24-29-10-4-2-5-11-29/h2-23,28,37-39,48H,24-27H2,1H3,(H2,42,43,49)/t28-,37+,38+,39+/m0/s1. The van der Waals surface area contributed by atoms with Gasteiger partial charge in [-0.3, -0.25) is 0 Å². The van der Waals surface area contributed by atoms with E-state index in [1.54, 1.807) is 16.4 Å². The van der Waals surface area contributed by atoms with Gasteiger partial charge in [0.15, 0.2) is 6.29 Å². The number of hydrogen-bond acceptors (Lipinski definition) is 8. The van der Waals surface area contributed by atoms with Crippen LogP contribution in [0.1, 0.15) is 47.1 Å². The lowest BCUT2D eigenvalue weighted by Gasteiger charge is -2.41. The summed E-state index contributed by atoms with van der Waals surface area (Å²) in [5, 5.41) is 28.7. The van der Waals surface area contributed by atoms with Crippen LogP contribution in [-0.4, -0.2) is 43.2 Å². The molecule has 0 unspecified atom stereocenters. The Bertz CT molecular complexity index is 2060. The zero-order valence-corrected chi connectivity index (χ0v) is 29.5. The summed E-state index contributed by atoms with van der Waals surface area (Å²) in [7, 11) is 0. The van der Waals surface area contributed by atoms with Crippen LogP contribution in [0, 0.1) is 5.92 Å². The third-order valence-corrected chi connectivity index (χ3v) is 10.1. The van der Waals surface area contributed by atoms with Gasteiger partial charge in [0.2, 0.25) is 5.16 Å². The molecule has 0 aliphatic carbocycles. The molecule has 11 heteroatoms. The first kappa shape index (κ1) is 35.1. The van der Waals surface area contributed by atoms with Crippen molar-refractivity contribution in [2.75, 3.05) is 5.75 Å². The Labute approximate surface area is 307 Å². The normalized spacial score (nSPS) is 18.5.